The number of aryl methyl sites for hydroxylation is 1. The molecule has 2 aliphatic heterocycles. The van der Waals surface area contributed by atoms with Gasteiger partial charge in [0, 0.05) is 18.8 Å². The van der Waals surface area contributed by atoms with Crippen LogP contribution in [0.3, 0.4) is 0 Å². The fourth-order valence-electron chi connectivity index (χ4n) is 4.77. The summed E-state index contributed by atoms with van der Waals surface area (Å²) in [5, 5.41) is 0. The van der Waals surface area contributed by atoms with Crippen molar-refractivity contribution in [3.63, 3.8) is 0 Å². The molecule has 0 aromatic heterocycles. The topological polar surface area (TPSA) is 49.9 Å². The minimum atomic E-state index is -0.786. The van der Waals surface area contributed by atoms with Gasteiger partial charge in [-0.3, -0.25) is 9.59 Å². The normalized spacial score (nSPS) is 21.4. The van der Waals surface area contributed by atoms with Gasteiger partial charge in [-0.15, -0.1) is 0 Å². The zero-order valence-corrected chi connectivity index (χ0v) is 17.5. The summed E-state index contributed by atoms with van der Waals surface area (Å²) in [6.07, 6.45) is 3.07. The summed E-state index contributed by atoms with van der Waals surface area (Å²) in [5.74, 6) is -0.459. The molecular formula is C24H27FN2O3. The summed E-state index contributed by atoms with van der Waals surface area (Å²) in [6, 6.07) is 12.5. The van der Waals surface area contributed by atoms with E-state index in [0.717, 1.165) is 24.1 Å². The molecule has 30 heavy (non-hydrogen) atoms. The Morgan fingerprint density at radius 1 is 1.10 bits per heavy atom. The second kappa shape index (κ2) is 8.09. The van der Waals surface area contributed by atoms with E-state index < -0.39 is 11.4 Å². The molecule has 0 bridgehead atoms. The Morgan fingerprint density at radius 2 is 1.80 bits per heavy atom. The first-order valence-electron chi connectivity index (χ1n) is 10.5. The van der Waals surface area contributed by atoms with Gasteiger partial charge in [0.05, 0.1) is 13.5 Å². The fourth-order valence-corrected chi connectivity index (χ4v) is 4.77. The molecule has 5 nitrogen and oxygen atoms in total. The summed E-state index contributed by atoms with van der Waals surface area (Å²) < 4.78 is 19.0. The molecule has 6 heteroatoms. The Labute approximate surface area is 176 Å². The first-order chi connectivity index (χ1) is 14.4. The number of nitrogens with zero attached hydrogens (tertiary/aromatic N) is 2. The molecule has 1 unspecified atom stereocenters. The fraction of sp³-hybridized carbons (Fsp3) is 0.417. The maximum Gasteiger partial charge on any atom is 0.252 e. The Balaban J connectivity index is 1.56. The molecule has 2 aromatic carbocycles. The van der Waals surface area contributed by atoms with Gasteiger partial charge in [0.2, 0.25) is 5.91 Å². The van der Waals surface area contributed by atoms with Crippen LogP contribution in [0.15, 0.2) is 42.5 Å². The highest BCUT2D eigenvalue weighted by molar-refractivity contribution is 6.03. The van der Waals surface area contributed by atoms with Gasteiger partial charge < -0.3 is 14.5 Å². The molecule has 1 spiro atoms. The van der Waals surface area contributed by atoms with E-state index in [2.05, 4.69) is 0 Å². The van der Waals surface area contributed by atoms with Gasteiger partial charge in [0.25, 0.3) is 5.91 Å². The number of hydrogen-bond donors (Lipinski definition) is 0. The number of hydrogen-bond acceptors (Lipinski definition) is 3. The highest BCUT2D eigenvalue weighted by atomic mass is 19.1. The number of benzene rings is 2. The van der Waals surface area contributed by atoms with Gasteiger partial charge in [-0.25, -0.2) is 4.39 Å². The molecule has 0 N–H and O–H groups in total. The Hall–Kier alpha value is -2.89. The average Bonchev–Trinajstić information content (AvgIpc) is 3.16. The summed E-state index contributed by atoms with van der Waals surface area (Å²) in [4.78, 5) is 30.4. The van der Waals surface area contributed by atoms with E-state index in [0.29, 0.717) is 31.5 Å². The Morgan fingerprint density at radius 3 is 2.47 bits per heavy atom. The van der Waals surface area contributed by atoms with Crippen LogP contribution in [-0.4, -0.2) is 42.5 Å². The van der Waals surface area contributed by atoms with E-state index in [9.17, 15) is 14.0 Å². The number of halogens is 1. The first kappa shape index (κ1) is 20.4. The number of piperidine rings is 1. The molecule has 2 fully saturated rings. The van der Waals surface area contributed by atoms with Crippen LogP contribution in [-0.2, 0) is 16.0 Å². The summed E-state index contributed by atoms with van der Waals surface area (Å²) in [7, 11) is 1.41. The van der Waals surface area contributed by atoms with Crippen LogP contribution in [0.25, 0.3) is 0 Å². The second-order valence-electron chi connectivity index (χ2n) is 8.22. The largest absolute Gasteiger partial charge is 0.494 e. The van der Waals surface area contributed by atoms with Gasteiger partial charge in [0.15, 0.2) is 11.6 Å². The van der Waals surface area contributed by atoms with Gasteiger partial charge in [-0.05, 0) is 62.4 Å². The summed E-state index contributed by atoms with van der Waals surface area (Å²) >= 11 is 0. The third kappa shape index (κ3) is 3.55. The third-order valence-electron chi connectivity index (χ3n) is 6.32. The number of ether oxygens (including phenoxy) is 1. The molecule has 0 radical (unpaired) electrons. The summed E-state index contributed by atoms with van der Waals surface area (Å²) in [5.41, 5.74) is 1.81. The number of likely N-dealkylation sites (tertiary alicyclic amines) is 1. The van der Waals surface area contributed by atoms with Crippen molar-refractivity contribution in [1.29, 1.82) is 0 Å². The van der Waals surface area contributed by atoms with Crippen molar-refractivity contribution < 1.29 is 18.7 Å². The van der Waals surface area contributed by atoms with Crippen LogP contribution in [0.1, 0.15) is 36.8 Å². The molecule has 2 amide bonds. The lowest BCUT2D eigenvalue weighted by atomic mass is 9.84. The van der Waals surface area contributed by atoms with Gasteiger partial charge in [-0.1, -0.05) is 23.8 Å². The number of anilines is 1. The molecular weight excluding hydrogens is 383 g/mol. The molecule has 2 aliphatic rings. The highest BCUT2D eigenvalue weighted by Crippen LogP contribution is 2.40. The van der Waals surface area contributed by atoms with Crippen molar-refractivity contribution in [3.05, 3.63) is 59.4 Å². The SMILES string of the molecule is COc1ccc(CC(=O)N2CCCC23CCCN(c2ccc(C)cc2)C3=O)cc1F. The number of rotatable bonds is 4. The van der Waals surface area contributed by atoms with Gasteiger partial charge in [-0.2, -0.15) is 0 Å². The second-order valence-corrected chi connectivity index (χ2v) is 8.22. The molecule has 0 saturated carbocycles. The van der Waals surface area contributed by atoms with E-state index >= 15 is 0 Å². The standard InChI is InChI=1S/C24H27FN2O3/c1-17-5-8-19(9-6-17)26-13-3-11-24(23(26)29)12-4-14-27(24)22(28)16-18-7-10-21(30-2)20(25)15-18/h5-10,15H,3-4,11-14,16H2,1-2H3. The van der Waals surface area contributed by atoms with Crippen molar-refractivity contribution in [2.45, 2.75) is 44.6 Å². The van der Waals surface area contributed by atoms with Crippen LogP contribution in [0.2, 0.25) is 0 Å². The van der Waals surface area contributed by atoms with Crippen LogP contribution < -0.4 is 9.64 Å². The Kier molecular flexibility index (Phi) is 5.50. The molecule has 2 saturated heterocycles. The lowest BCUT2D eigenvalue weighted by Crippen LogP contribution is -2.61. The third-order valence-corrected chi connectivity index (χ3v) is 6.32. The lowest BCUT2D eigenvalue weighted by Gasteiger charge is -2.44. The minimum Gasteiger partial charge on any atom is -0.494 e. The van der Waals surface area contributed by atoms with Crippen molar-refractivity contribution >= 4 is 17.5 Å². The number of carbonyl (C=O) groups excluding carboxylic acids is 2. The number of carbonyl (C=O) groups is 2. The van der Waals surface area contributed by atoms with Crippen LogP contribution in [0.4, 0.5) is 10.1 Å². The smallest absolute Gasteiger partial charge is 0.252 e. The zero-order valence-electron chi connectivity index (χ0n) is 17.5. The van der Waals surface area contributed by atoms with Crippen molar-refractivity contribution in [2.75, 3.05) is 25.1 Å². The molecule has 2 aromatic rings. The van der Waals surface area contributed by atoms with Crippen LogP contribution >= 0.6 is 0 Å². The van der Waals surface area contributed by atoms with Crippen LogP contribution in [0.5, 0.6) is 5.75 Å². The Bertz CT molecular complexity index is 959. The van der Waals surface area contributed by atoms with E-state index in [4.69, 9.17) is 4.74 Å². The predicted molar refractivity (Wildman–Crippen MR) is 113 cm³/mol. The summed E-state index contributed by atoms with van der Waals surface area (Å²) in [6.45, 7) is 3.24. The van der Waals surface area contributed by atoms with E-state index in [-0.39, 0.29) is 24.0 Å². The van der Waals surface area contributed by atoms with Gasteiger partial charge in [0.1, 0.15) is 5.54 Å². The quantitative estimate of drug-likeness (QED) is 0.769. The number of amides is 2. The molecule has 2 heterocycles. The van der Waals surface area contributed by atoms with E-state index in [1.807, 2.05) is 36.1 Å². The molecule has 4 rings (SSSR count). The first-order valence-corrected chi connectivity index (χ1v) is 10.5. The average molecular weight is 410 g/mol. The maximum atomic E-state index is 14.0. The predicted octanol–water partition coefficient (Wildman–Crippen LogP) is 3.87. The monoisotopic (exact) mass is 410 g/mol. The van der Waals surface area contributed by atoms with Crippen LogP contribution in [0, 0.1) is 12.7 Å². The number of methoxy groups -OCH3 is 1. The van der Waals surface area contributed by atoms with Gasteiger partial charge >= 0.3 is 0 Å². The van der Waals surface area contributed by atoms with E-state index in [1.165, 1.54) is 19.2 Å². The maximum absolute atomic E-state index is 14.0. The molecule has 158 valence electrons. The zero-order chi connectivity index (χ0) is 21.3. The minimum absolute atomic E-state index is 0.00404. The van der Waals surface area contributed by atoms with Crippen molar-refractivity contribution in [3.8, 4) is 5.75 Å². The molecule has 0 aliphatic carbocycles. The highest BCUT2D eigenvalue weighted by Gasteiger charge is 2.52. The van der Waals surface area contributed by atoms with Crippen molar-refractivity contribution in [2.24, 2.45) is 0 Å². The van der Waals surface area contributed by atoms with Crippen molar-refractivity contribution in [1.82, 2.24) is 4.90 Å². The lowest BCUT2D eigenvalue weighted by molar-refractivity contribution is -0.144. The van der Waals surface area contributed by atoms with E-state index in [1.54, 1.807) is 11.0 Å². The molecule has 1 atom stereocenters.